The maximum Gasteiger partial charge on any atom is 0.0571 e. The van der Waals surface area contributed by atoms with E-state index in [4.69, 9.17) is 0 Å². The molecule has 0 amide bonds. The zero-order valence-corrected chi connectivity index (χ0v) is 8.43. The van der Waals surface area contributed by atoms with Crippen molar-refractivity contribution in [1.29, 1.82) is 0 Å². The van der Waals surface area contributed by atoms with E-state index in [-0.39, 0.29) is 11.5 Å². The fraction of sp³-hybridized carbons (Fsp3) is 0.818. The minimum Gasteiger partial charge on any atom is -0.393 e. The highest BCUT2D eigenvalue weighted by molar-refractivity contribution is 5.02. The third-order valence-corrected chi connectivity index (χ3v) is 3.15. The van der Waals surface area contributed by atoms with E-state index in [1.165, 1.54) is 24.8 Å². The number of hydrogen-bond donors (Lipinski definition) is 1. The first-order valence-electron chi connectivity index (χ1n) is 4.88. The second-order valence-corrected chi connectivity index (χ2v) is 4.38. The molecule has 1 saturated carbocycles. The molecule has 1 rings (SSSR count). The van der Waals surface area contributed by atoms with E-state index in [1.54, 1.807) is 0 Å². The van der Waals surface area contributed by atoms with Crippen LogP contribution in [0.3, 0.4) is 0 Å². The highest BCUT2D eigenvalue weighted by Gasteiger charge is 2.39. The summed E-state index contributed by atoms with van der Waals surface area (Å²) >= 11 is 0. The van der Waals surface area contributed by atoms with Crippen LogP contribution < -0.4 is 0 Å². The molecule has 70 valence electrons. The fourth-order valence-electron chi connectivity index (χ4n) is 1.83. The van der Waals surface area contributed by atoms with Gasteiger partial charge in [0.15, 0.2) is 0 Å². The molecule has 1 N–H and O–H groups in total. The van der Waals surface area contributed by atoms with E-state index in [2.05, 4.69) is 19.9 Å². The minimum atomic E-state index is -0.137. The zero-order valence-electron chi connectivity index (χ0n) is 8.43. The molecule has 1 nitrogen and oxygen atoms in total. The van der Waals surface area contributed by atoms with Crippen LogP contribution in [0, 0.1) is 5.41 Å². The summed E-state index contributed by atoms with van der Waals surface area (Å²) in [6.45, 7) is 6.17. The predicted octanol–water partition coefficient (Wildman–Crippen LogP) is 2.89. The summed E-state index contributed by atoms with van der Waals surface area (Å²) in [5.41, 5.74) is 1.60. The maximum absolute atomic E-state index is 9.61. The van der Waals surface area contributed by atoms with Crippen molar-refractivity contribution < 1.29 is 5.11 Å². The second-order valence-electron chi connectivity index (χ2n) is 4.38. The van der Waals surface area contributed by atoms with Gasteiger partial charge < -0.3 is 5.11 Å². The lowest BCUT2D eigenvalue weighted by molar-refractivity contribution is -0.0207. The van der Waals surface area contributed by atoms with Crippen LogP contribution in [0.25, 0.3) is 0 Å². The molecule has 1 aliphatic carbocycles. The van der Waals surface area contributed by atoms with E-state index < -0.39 is 0 Å². The van der Waals surface area contributed by atoms with Gasteiger partial charge in [-0.1, -0.05) is 18.1 Å². The van der Waals surface area contributed by atoms with Crippen LogP contribution in [0.1, 0.15) is 46.5 Å². The molecule has 0 aromatic heterocycles. The summed E-state index contributed by atoms with van der Waals surface area (Å²) < 4.78 is 0. The van der Waals surface area contributed by atoms with Crippen LogP contribution >= 0.6 is 0 Å². The number of allylic oxidation sites excluding steroid dienone is 2. The van der Waals surface area contributed by atoms with Crippen LogP contribution in [0.4, 0.5) is 0 Å². The van der Waals surface area contributed by atoms with E-state index in [0.29, 0.717) is 0 Å². The summed E-state index contributed by atoms with van der Waals surface area (Å²) in [6.07, 6.45) is 6.88. The molecule has 0 bridgehead atoms. The molecule has 0 aliphatic heterocycles. The number of aliphatic hydroxyl groups excluding tert-OH is 1. The third kappa shape index (κ3) is 1.89. The SMILES string of the molecule is CC(C)=CCC1([C@H](C)O)CCC1. The average Bonchev–Trinajstić information content (AvgIpc) is 1.83. The molecule has 0 aromatic rings. The maximum atomic E-state index is 9.61. The third-order valence-electron chi connectivity index (χ3n) is 3.15. The lowest BCUT2D eigenvalue weighted by Gasteiger charge is -2.44. The van der Waals surface area contributed by atoms with Crippen LogP contribution in [-0.4, -0.2) is 11.2 Å². The van der Waals surface area contributed by atoms with Gasteiger partial charge >= 0.3 is 0 Å². The Labute approximate surface area is 75.5 Å². The first-order chi connectivity index (χ1) is 5.57. The summed E-state index contributed by atoms with van der Waals surface area (Å²) in [5.74, 6) is 0. The highest BCUT2D eigenvalue weighted by atomic mass is 16.3. The standard InChI is InChI=1S/C11H20O/c1-9(2)5-8-11(10(3)12)6-4-7-11/h5,10,12H,4,6-8H2,1-3H3/t10-/m0/s1. The highest BCUT2D eigenvalue weighted by Crippen LogP contribution is 2.47. The van der Waals surface area contributed by atoms with Gasteiger partial charge in [0, 0.05) is 0 Å². The van der Waals surface area contributed by atoms with Gasteiger partial charge in [0.05, 0.1) is 6.10 Å². The molecule has 12 heavy (non-hydrogen) atoms. The molecular formula is C11H20O. The van der Waals surface area contributed by atoms with Crippen molar-refractivity contribution in [2.24, 2.45) is 5.41 Å². The largest absolute Gasteiger partial charge is 0.393 e. The van der Waals surface area contributed by atoms with Crippen LogP contribution in [0.15, 0.2) is 11.6 Å². The zero-order chi connectivity index (χ0) is 9.19. The average molecular weight is 168 g/mol. The van der Waals surface area contributed by atoms with Gasteiger partial charge in [0.1, 0.15) is 0 Å². The lowest BCUT2D eigenvalue weighted by atomic mass is 9.63. The fourth-order valence-corrected chi connectivity index (χ4v) is 1.83. The van der Waals surface area contributed by atoms with Gasteiger partial charge in [-0.25, -0.2) is 0 Å². The second kappa shape index (κ2) is 3.61. The van der Waals surface area contributed by atoms with Crippen molar-refractivity contribution in [2.75, 3.05) is 0 Å². The predicted molar refractivity (Wildman–Crippen MR) is 52.0 cm³/mol. The quantitative estimate of drug-likeness (QED) is 0.642. The van der Waals surface area contributed by atoms with Gasteiger partial charge in [-0.3, -0.25) is 0 Å². The first-order valence-corrected chi connectivity index (χ1v) is 4.88. The van der Waals surface area contributed by atoms with E-state index in [9.17, 15) is 5.11 Å². The Balaban J connectivity index is 2.51. The van der Waals surface area contributed by atoms with Gasteiger partial charge in [-0.2, -0.15) is 0 Å². The Morgan fingerprint density at radius 2 is 2.08 bits per heavy atom. The Morgan fingerprint density at radius 1 is 1.50 bits per heavy atom. The summed E-state index contributed by atoms with van der Waals surface area (Å²) in [6, 6.07) is 0. The van der Waals surface area contributed by atoms with Gasteiger partial charge in [0.2, 0.25) is 0 Å². The van der Waals surface area contributed by atoms with Gasteiger partial charge in [-0.15, -0.1) is 0 Å². The number of rotatable bonds is 3. The molecule has 1 fully saturated rings. The molecular weight excluding hydrogens is 148 g/mol. The molecule has 0 aromatic carbocycles. The van der Waals surface area contributed by atoms with Crippen molar-refractivity contribution >= 4 is 0 Å². The Bertz CT molecular complexity index is 171. The molecule has 0 heterocycles. The monoisotopic (exact) mass is 168 g/mol. The molecule has 1 atom stereocenters. The lowest BCUT2D eigenvalue weighted by Crippen LogP contribution is -2.39. The van der Waals surface area contributed by atoms with Gasteiger partial charge in [-0.05, 0) is 45.4 Å². The van der Waals surface area contributed by atoms with Crippen LogP contribution in [0.5, 0.6) is 0 Å². The smallest absolute Gasteiger partial charge is 0.0571 e. The summed E-state index contributed by atoms with van der Waals surface area (Å²) in [7, 11) is 0. The minimum absolute atomic E-state index is 0.137. The Hall–Kier alpha value is -0.300. The topological polar surface area (TPSA) is 20.2 Å². The Morgan fingerprint density at radius 3 is 2.33 bits per heavy atom. The first kappa shape index (κ1) is 9.79. The van der Waals surface area contributed by atoms with Crippen molar-refractivity contribution in [3.05, 3.63) is 11.6 Å². The molecule has 0 spiro atoms. The van der Waals surface area contributed by atoms with Crippen LogP contribution in [-0.2, 0) is 0 Å². The summed E-state index contributed by atoms with van der Waals surface area (Å²) in [5, 5.41) is 9.61. The number of hydrogen-bond acceptors (Lipinski definition) is 1. The number of aliphatic hydroxyl groups is 1. The van der Waals surface area contributed by atoms with E-state index >= 15 is 0 Å². The van der Waals surface area contributed by atoms with E-state index in [0.717, 1.165) is 6.42 Å². The van der Waals surface area contributed by atoms with Crippen molar-refractivity contribution in [2.45, 2.75) is 52.6 Å². The van der Waals surface area contributed by atoms with Crippen molar-refractivity contribution in [3.8, 4) is 0 Å². The van der Waals surface area contributed by atoms with Crippen molar-refractivity contribution in [1.82, 2.24) is 0 Å². The van der Waals surface area contributed by atoms with E-state index in [1.807, 2.05) is 6.92 Å². The summed E-state index contributed by atoms with van der Waals surface area (Å²) in [4.78, 5) is 0. The molecule has 1 heteroatoms. The van der Waals surface area contributed by atoms with Gasteiger partial charge in [0.25, 0.3) is 0 Å². The molecule has 0 saturated heterocycles. The van der Waals surface area contributed by atoms with Crippen molar-refractivity contribution in [3.63, 3.8) is 0 Å². The normalized spacial score (nSPS) is 22.7. The Kier molecular flexibility index (Phi) is 2.94. The molecule has 0 unspecified atom stereocenters. The molecule has 1 aliphatic rings. The molecule has 0 radical (unpaired) electrons. The van der Waals surface area contributed by atoms with Crippen LogP contribution in [0.2, 0.25) is 0 Å².